The summed E-state index contributed by atoms with van der Waals surface area (Å²) in [5, 5.41) is 3.28. The molecule has 2 aromatic carbocycles. The summed E-state index contributed by atoms with van der Waals surface area (Å²) in [5.74, 6) is -1.09. The van der Waals surface area contributed by atoms with Crippen LogP contribution in [0.1, 0.15) is 46.9 Å². The van der Waals surface area contributed by atoms with E-state index in [-0.39, 0.29) is 22.2 Å². The number of hydrogen-bond acceptors (Lipinski definition) is 6. The van der Waals surface area contributed by atoms with Gasteiger partial charge in [-0.2, -0.15) is 0 Å². The Hall–Kier alpha value is -4.21. The number of piperidine rings is 1. The zero-order valence-corrected chi connectivity index (χ0v) is 23.1. The summed E-state index contributed by atoms with van der Waals surface area (Å²) < 4.78 is 29.6. The highest BCUT2D eigenvalue weighted by molar-refractivity contribution is 6.69. The number of aromatic nitrogens is 2. The molecule has 1 amide bonds. The highest BCUT2D eigenvalue weighted by atomic mass is 35.5. The maximum Gasteiger partial charge on any atom is 0.253 e. The van der Waals surface area contributed by atoms with E-state index in [1.165, 1.54) is 24.3 Å². The van der Waals surface area contributed by atoms with E-state index >= 15 is 0 Å². The van der Waals surface area contributed by atoms with Crippen LogP contribution in [-0.4, -0.2) is 44.6 Å². The van der Waals surface area contributed by atoms with Gasteiger partial charge >= 0.3 is 0 Å². The van der Waals surface area contributed by atoms with Crippen molar-refractivity contribution in [3.8, 4) is 0 Å². The Morgan fingerprint density at radius 3 is 2.46 bits per heavy atom. The Labute approximate surface area is 241 Å². The summed E-state index contributed by atoms with van der Waals surface area (Å²) in [4.78, 5) is 28.2. The van der Waals surface area contributed by atoms with Crippen molar-refractivity contribution in [3.63, 3.8) is 0 Å². The van der Waals surface area contributed by atoms with Gasteiger partial charge in [-0.05, 0) is 79.8 Å². The molecular formula is C31H27ClF2N6O. The number of halogens is 3. The van der Waals surface area contributed by atoms with Crippen molar-refractivity contribution >= 4 is 45.5 Å². The molecule has 0 saturated carbocycles. The van der Waals surface area contributed by atoms with E-state index < -0.39 is 11.6 Å². The average Bonchev–Trinajstić information content (AvgIpc) is 3.12. The number of carbonyl (C=O) groups excluding carboxylic acids is 1. The first-order chi connectivity index (χ1) is 19.7. The van der Waals surface area contributed by atoms with Crippen molar-refractivity contribution in [2.75, 3.05) is 18.4 Å². The van der Waals surface area contributed by atoms with E-state index in [9.17, 15) is 13.6 Å². The molecule has 7 nitrogen and oxygen atoms in total. The molecule has 3 aromatic rings. The number of nitrogens with one attached hydrogen (secondary N) is 1. The number of carbonyl (C=O) groups is 1. The molecule has 208 valence electrons. The number of fused-ring (bicyclic) bond motifs is 3. The number of likely N-dealkylation sites (tertiary alicyclic amines) is 1. The number of allylic oxidation sites excluding steroid dienone is 5. The summed E-state index contributed by atoms with van der Waals surface area (Å²) in [5.41, 5.74) is 9.97. The summed E-state index contributed by atoms with van der Waals surface area (Å²) in [6.07, 6.45) is 8.60. The Balaban J connectivity index is 1.24. The van der Waals surface area contributed by atoms with Crippen molar-refractivity contribution in [2.24, 2.45) is 10.7 Å². The van der Waals surface area contributed by atoms with Gasteiger partial charge in [-0.1, -0.05) is 23.7 Å². The zero-order valence-electron chi connectivity index (χ0n) is 22.3. The third kappa shape index (κ3) is 5.42. The monoisotopic (exact) mass is 572 g/mol. The lowest BCUT2D eigenvalue weighted by Crippen LogP contribution is -2.49. The summed E-state index contributed by atoms with van der Waals surface area (Å²) in [6.45, 7) is 3.29. The number of nitrogens with zero attached hydrogens (tertiary/aromatic N) is 4. The predicted molar refractivity (Wildman–Crippen MR) is 157 cm³/mol. The molecule has 1 aliphatic carbocycles. The fraction of sp³-hybridized carbons (Fsp3) is 0.226. The molecule has 0 radical (unpaired) electrons. The van der Waals surface area contributed by atoms with Gasteiger partial charge in [0.05, 0.1) is 11.3 Å². The van der Waals surface area contributed by atoms with Crippen LogP contribution in [0.2, 0.25) is 0 Å². The molecule has 6 rings (SSSR count). The molecule has 3 aliphatic rings. The predicted octanol–water partition coefficient (Wildman–Crippen LogP) is 6.01. The maximum atomic E-state index is 14.8. The number of hydrogen-bond donors (Lipinski definition) is 2. The van der Waals surface area contributed by atoms with Crippen LogP contribution in [0.5, 0.6) is 0 Å². The fourth-order valence-electron chi connectivity index (χ4n) is 5.24. The van der Waals surface area contributed by atoms with Crippen LogP contribution in [0, 0.1) is 11.6 Å². The molecule has 1 saturated heterocycles. The van der Waals surface area contributed by atoms with Gasteiger partial charge in [0.2, 0.25) is 5.95 Å². The molecule has 41 heavy (non-hydrogen) atoms. The van der Waals surface area contributed by atoms with Gasteiger partial charge in [-0.3, -0.25) is 4.79 Å². The molecule has 0 unspecified atom stereocenters. The molecular weight excluding hydrogens is 546 g/mol. The zero-order chi connectivity index (χ0) is 28.7. The standard InChI is InChI=1S/C31H27ClF2N6O/c1-31(35)11-13-40(14-12-31)29(41)18-5-8-20(9-6-18)38-30-37-16-19-7-10-21-22(27-24(33)3-2-4-25(27)34)15-26(32)36-17-23(21)28(19)39-30/h2-6,8-10,15-17H,7,11-14,35H2,1H3,(H,37,38,39). The maximum absolute atomic E-state index is 14.8. The summed E-state index contributed by atoms with van der Waals surface area (Å²) >= 11 is 6.28. The molecule has 1 fully saturated rings. The molecule has 1 aromatic heterocycles. The topological polar surface area (TPSA) is 96.5 Å². The molecule has 3 N–H and O–H groups in total. The summed E-state index contributed by atoms with van der Waals surface area (Å²) in [7, 11) is 0. The van der Waals surface area contributed by atoms with Crippen molar-refractivity contribution < 1.29 is 13.6 Å². The lowest BCUT2D eigenvalue weighted by Gasteiger charge is -2.36. The molecule has 3 heterocycles. The summed E-state index contributed by atoms with van der Waals surface area (Å²) in [6, 6.07) is 10.9. The number of benzene rings is 2. The molecule has 2 aliphatic heterocycles. The molecule has 0 atom stereocenters. The number of anilines is 2. The van der Waals surface area contributed by atoms with Crippen LogP contribution in [0.15, 0.2) is 77.6 Å². The Morgan fingerprint density at radius 1 is 1.05 bits per heavy atom. The van der Waals surface area contributed by atoms with Gasteiger partial charge in [0.15, 0.2) is 0 Å². The van der Waals surface area contributed by atoms with Gasteiger partial charge in [0.1, 0.15) is 16.8 Å². The van der Waals surface area contributed by atoms with Crippen LogP contribution in [0.3, 0.4) is 0 Å². The first kappa shape index (κ1) is 27.0. The highest BCUT2D eigenvalue weighted by Crippen LogP contribution is 2.41. The SMILES string of the molecule is CC1(N)CCN(C(=O)c2ccc(Nc3ncc4c(n3)C3=CN=C(Cl)C=C(c5c(F)cccc5F)C3=CC4)cc2)CC1. The second-order valence-electron chi connectivity index (χ2n) is 10.7. The van der Waals surface area contributed by atoms with Gasteiger partial charge in [0.25, 0.3) is 5.91 Å². The van der Waals surface area contributed by atoms with Crippen molar-refractivity contribution in [2.45, 2.75) is 31.7 Å². The largest absolute Gasteiger partial charge is 0.339 e. The average molecular weight is 573 g/mol. The van der Waals surface area contributed by atoms with E-state index in [1.54, 1.807) is 36.7 Å². The van der Waals surface area contributed by atoms with Crippen LogP contribution in [0.25, 0.3) is 11.1 Å². The van der Waals surface area contributed by atoms with Gasteiger partial charge in [-0.15, -0.1) is 0 Å². The Kier molecular flexibility index (Phi) is 7.01. The van der Waals surface area contributed by atoms with Crippen LogP contribution in [-0.2, 0) is 6.42 Å². The lowest BCUT2D eigenvalue weighted by atomic mass is 9.84. The van der Waals surface area contributed by atoms with Crippen LogP contribution >= 0.6 is 11.6 Å². The molecule has 0 bridgehead atoms. The van der Waals surface area contributed by atoms with Gasteiger partial charge in [-0.25, -0.2) is 23.7 Å². The highest BCUT2D eigenvalue weighted by Gasteiger charge is 2.29. The van der Waals surface area contributed by atoms with Crippen molar-refractivity contribution in [1.29, 1.82) is 0 Å². The lowest BCUT2D eigenvalue weighted by molar-refractivity contribution is 0.0681. The number of amides is 1. The minimum atomic E-state index is -0.696. The van der Waals surface area contributed by atoms with Crippen LogP contribution in [0.4, 0.5) is 20.4 Å². The minimum absolute atomic E-state index is 0.0222. The van der Waals surface area contributed by atoms with E-state index in [4.69, 9.17) is 22.3 Å². The molecule has 10 heteroatoms. The smallest absolute Gasteiger partial charge is 0.253 e. The fourth-order valence-corrected chi connectivity index (χ4v) is 5.39. The first-order valence-corrected chi connectivity index (χ1v) is 13.7. The Morgan fingerprint density at radius 2 is 1.76 bits per heavy atom. The number of aliphatic imine (C=N–C) groups is 1. The van der Waals surface area contributed by atoms with E-state index in [2.05, 4.69) is 15.3 Å². The Bertz CT molecular complexity index is 1650. The van der Waals surface area contributed by atoms with Gasteiger partial charge < -0.3 is 16.0 Å². The quantitative estimate of drug-likeness (QED) is 0.399. The number of rotatable bonds is 4. The van der Waals surface area contributed by atoms with Crippen molar-refractivity contribution in [1.82, 2.24) is 14.9 Å². The van der Waals surface area contributed by atoms with Crippen molar-refractivity contribution in [3.05, 3.63) is 107 Å². The van der Waals surface area contributed by atoms with Crippen LogP contribution < -0.4 is 11.1 Å². The van der Waals surface area contributed by atoms with Gasteiger partial charge in [0, 0.05) is 53.4 Å². The minimum Gasteiger partial charge on any atom is -0.339 e. The van der Waals surface area contributed by atoms with E-state index in [0.29, 0.717) is 59.1 Å². The van der Waals surface area contributed by atoms with E-state index in [1.807, 2.05) is 17.9 Å². The normalized spacial score (nSPS) is 17.7. The molecule has 0 spiro atoms. The second-order valence-corrected chi connectivity index (χ2v) is 11.1. The second kappa shape index (κ2) is 10.6. The number of nitrogens with two attached hydrogens (primary N) is 1. The third-order valence-electron chi connectivity index (χ3n) is 7.62. The third-order valence-corrected chi connectivity index (χ3v) is 7.83. The van der Waals surface area contributed by atoms with E-state index in [0.717, 1.165) is 18.4 Å². The first-order valence-electron chi connectivity index (χ1n) is 13.3.